The van der Waals surface area contributed by atoms with Crippen LogP contribution in [0.25, 0.3) is 20.9 Å². The molecule has 0 aliphatic heterocycles. The van der Waals surface area contributed by atoms with Crippen molar-refractivity contribution >= 4 is 11.3 Å². The molecule has 3 heteroatoms. The summed E-state index contributed by atoms with van der Waals surface area (Å²) in [5.74, 6) is 0. The average molecular weight is 286 g/mol. The Balaban J connectivity index is 1.92. The molecule has 0 bridgehead atoms. The highest BCUT2D eigenvalue weighted by Gasteiger charge is 2.05. The lowest BCUT2D eigenvalue weighted by Crippen LogP contribution is -1.75. The first-order valence-corrected chi connectivity index (χ1v) is 7.23. The molecule has 3 aromatic rings. The number of nitrogens with zero attached hydrogens (tertiary/aromatic N) is 2. The van der Waals surface area contributed by atoms with Gasteiger partial charge in [0.2, 0.25) is 0 Å². The number of nitriles is 2. The maximum absolute atomic E-state index is 8.82. The van der Waals surface area contributed by atoms with Gasteiger partial charge in [0.15, 0.2) is 0 Å². The fourth-order valence-corrected chi connectivity index (χ4v) is 3.08. The molecule has 0 saturated heterocycles. The van der Waals surface area contributed by atoms with Crippen molar-refractivity contribution < 1.29 is 0 Å². The van der Waals surface area contributed by atoms with E-state index >= 15 is 0 Å². The van der Waals surface area contributed by atoms with E-state index in [0.717, 1.165) is 11.1 Å². The van der Waals surface area contributed by atoms with Gasteiger partial charge in [0, 0.05) is 9.75 Å². The first-order chi connectivity index (χ1) is 10.3. The van der Waals surface area contributed by atoms with Crippen LogP contribution in [0.3, 0.4) is 0 Å². The molecule has 0 saturated carbocycles. The Kier molecular flexibility index (Phi) is 3.51. The summed E-state index contributed by atoms with van der Waals surface area (Å²) in [6, 6.07) is 23.6. The minimum atomic E-state index is 0.669. The summed E-state index contributed by atoms with van der Waals surface area (Å²) in [4.78, 5) is 2.33. The Morgan fingerprint density at radius 3 is 1.29 bits per heavy atom. The maximum atomic E-state index is 8.82. The molecule has 1 aromatic heterocycles. The quantitative estimate of drug-likeness (QED) is 0.677. The molecule has 0 amide bonds. The highest BCUT2D eigenvalue weighted by Crippen LogP contribution is 2.34. The van der Waals surface area contributed by atoms with Crippen molar-refractivity contribution in [1.29, 1.82) is 10.5 Å². The summed E-state index contributed by atoms with van der Waals surface area (Å²) >= 11 is 1.70. The maximum Gasteiger partial charge on any atom is 0.0991 e. The molecule has 2 nitrogen and oxygen atoms in total. The molecule has 98 valence electrons. The van der Waals surface area contributed by atoms with Gasteiger partial charge in [-0.05, 0) is 47.5 Å². The minimum absolute atomic E-state index is 0.669. The fourth-order valence-electron chi connectivity index (χ4n) is 2.07. The predicted octanol–water partition coefficient (Wildman–Crippen LogP) is 4.83. The molecule has 0 N–H and O–H groups in total. The third-order valence-corrected chi connectivity index (χ3v) is 4.39. The molecule has 3 rings (SSSR count). The van der Waals surface area contributed by atoms with E-state index in [-0.39, 0.29) is 0 Å². The van der Waals surface area contributed by atoms with E-state index < -0.39 is 0 Å². The molecule has 0 atom stereocenters. The Bertz CT molecular complexity index is 772. The zero-order valence-corrected chi connectivity index (χ0v) is 11.9. The average Bonchev–Trinajstić information content (AvgIpc) is 3.05. The van der Waals surface area contributed by atoms with Gasteiger partial charge in [-0.3, -0.25) is 0 Å². The number of hydrogen-bond donors (Lipinski definition) is 0. The van der Waals surface area contributed by atoms with Crippen LogP contribution < -0.4 is 0 Å². The predicted molar refractivity (Wildman–Crippen MR) is 84.6 cm³/mol. The van der Waals surface area contributed by atoms with E-state index in [1.807, 2.05) is 48.5 Å². The van der Waals surface area contributed by atoms with E-state index in [0.29, 0.717) is 11.1 Å². The molecule has 0 spiro atoms. The van der Waals surface area contributed by atoms with Crippen molar-refractivity contribution in [2.75, 3.05) is 0 Å². The lowest BCUT2D eigenvalue weighted by Gasteiger charge is -1.98. The van der Waals surface area contributed by atoms with E-state index in [2.05, 4.69) is 24.3 Å². The molecular formula is C18H10N2S. The van der Waals surface area contributed by atoms with Gasteiger partial charge in [0.05, 0.1) is 23.3 Å². The second-order valence-corrected chi connectivity index (χ2v) is 5.63. The second kappa shape index (κ2) is 5.63. The van der Waals surface area contributed by atoms with Crippen LogP contribution in [-0.2, 0) is 0 Å². The van der Waals surface area contributed by atoms with Crippen LogP contribution in [0.15, 0.2) is 60.7 Å². The van der Waals surface area contributed by atoms with Crippen molar-refractivity contribution in [1.82, 2.24) is 0 Å². The minimum Gasteiger partial charge on any atom is -0.192 e. The smallest absolute Gasteiger partial charge is 0.0991 e. The number of hydrogen-bond acceptors (Lipinski definition) is 3. The molecular weight excluding hydrogens is 276 g/mol. The topological polar surface area (TPSA) is 47.6 Å². The SMILES string of the molecule is N#Cc1ccc(-c2ccc(-c3ccc(C#N)cc3)s2)cc1. The van der Waals surface area contributed by atoms with Crippen molar-refractivity contribution in [3.63, 3.8) is 0 Å². The van der Waals surface area contributed by atoms with Crippen LogP contribution in [0.4, 0.5) is 0 Å². The van der Waals surface area contributed by atoms with Gasteiger partial charge >= 0.3 is 0 Å². The van der Waals surface area contributed by atoms with Crippen molar-refractivity contribution in [3.8, 4) is 33.0 Å². The van der Waals surface area contributed by atoms with E-state index in [4.69, 9.17) is 10.5 Å². The highest BCUT2D eigenvalue weighted by atomic mass is 32.1. The first kappa shape index (κ1) is 13.1. The molecule has 2 aromatic carbocycles. The standard InChI is InChI=1S/C18H10N2S/c19-11-13-1-5-15(6-2-13)17-9-10-18(21-17)16-7-3-14(12-20)4-8-16/h1-10H. The summed E-state index contributed by atoms with van der Waals surface area (Å²) in [7, 11) is 0. The summed E-state index contributed by atoms with van der Waals surface area (Å²) in [5.41, 5.74) is 3.56. The Morgan fingerprint density at radius 1 is 0.571 bits per heavy atom. The van der Waals surface area contributed by atoms with Gasteiger partial charge in [-0.15, -0.1) is 11.3 Å². The Hall–Kier alpha value is -2.88. The van der Waals surface area contributed by atoms with Crippen LogP contribution in [0.1, 0.15) is 11.1 Å². The third-order valence-electron chi connectivity index (χ3n) is 3.20. The first-order valence-electron chi connectivity index (χ1n) is 6.41. The van der Waals surface area contributed by atoms with Crippen LogP contribution >= 0.6 is 11.3 Å². The second-order valence-electron chi connectivity index (χ2n) is 4.54. The van der Waals surface area contributed by atoms with Gasteiger partial charge in [-0.2, -0.15) is 10.5 Å². The largest absolute Gasteiger partial charge is 0.192 e. The number of rotatable bonds is 2. The summed E-state index contributed by atoms with van der Waals surface area (Å²) in [5, 5.41) is 17.6. The molecule has 0 radical (unpaired) electrons. The van der Waals surface area contributed by atoms with E-state index in [9.17, 15) is 0 Å². The molecule has 0 fully saturated rings. The Morgan fingerprint density at radius 2 is 0.952 bits per heavy atom. The van der Waals surface area contributed by atoms with Gasteiger partial charge in [-0.1, -0.05) is 24.3 Å². The Labute approximate surface area is 127 Å². The fraction of sp³-hybridized carbons (Fsp3) is 0. The summed E-state index contributed by atoms with van der Waals surface area (Å²) in [6.07, 6.45) is 0. The lowest BCUT2D eigenvalue weighted by atomic mass is 10.1. The van der Waals surface area contributed by atoms with Gasteiger partial charge < -0.3 is 0 Å². The summed E-state index contributed by atoms with van der Waals surface area (Å²) < 4.78 is 0. The van der Waals surface area contributed by atoms with Gasteiger partial charge in [0.25, 0.3) is 0 Å². The van der Waals surface area contributed by atoms with Crippen LogP contribution in [0.2, 0.25) is 0 Å². The normalized spacial score (nSPS) is 9.81. The molecule has 0 aliphatic carbocycles. The summed E-state index contributed by atoms with van der Waals surface area (Å²) in [6.45, 7) is 0. The van der Waals surface area contributed by atoms with Crippen LogP contribution in [0.5, 0.6) is 0 Å². The van der Waals surface area contributed by atoms with E-state index in [1.165, 1.54) is 9.75 Å². The highest BCUT2D eigenvalue weighted by molar-refractivity contribution is 7.18. The number of benzene rings is 2. The molecule has 0 unspecified atom stereocenters. The van der Waals surface area contributed by atoms with Crippen molar-refractivity contribution in [2.45, 2.75) is 0 Å². The zero-order valence-electron chi connectivity index (χ0n) is 11.1. The third kappa shape index (κ3) is 2.69. The van der Waals surface area contributed by atoms with Crippen molar-refractivity contribution in [2.24, 2.45) is 0 Å². The monoisotopic (exact) mass is 286 g/mol. The number of thiophene rings is 1. The van der Waals surface area contributed by atoms with Crippen LogP contribution in [-0.4, -0.2) is 0 Å². The molecule has 0 aliphatic rings. The molecule has 1 heterocycles. The van der Waals surface area contributed by atoms with Gasteiger partial charge in [-0.25, -0.2) is 0 Å². The lowest BCUT2D eigenvalue weighted by molar-refractivity contribution is 1.49. The van der Waals surface area contributed by atoms with Crippen LogP contribution in [0, 0.1) is 22.7 Å². The van der Waals surface area contributed by atoms with Gasteiger partial charge in [0.1, 0.15) is 0 Å². The van der Waals surface area contributed by atoms with Crippen molar-refractivity contribution in [3.05, 3.63) is 71.8 Å². The van der Waals surface area contributed by atoms with E-state index in [1.54, 1.807) is 11.3 Å². The molecule has 21 heavy (non-hydrogen) atoms. The zero-order chi connectivity index (χ0) is 14.7.